The summed E-state index contributed by atoms with van der Waals surface area (Å²) in [4.78, 5) is 0. The van der Waals surface area contributed by atoms with Crippen molar-refractivity contribution in [2.75, 3.05) is 6.61 Å². The number of benzene rings is 2. The van der Waals surface area contributed by atoms with Crippen molar-refractivity contribution < 1.29 is 13.9 Å². The van der Waals surface area contributed by atoms with Gasteiger partial charge >= 0.3 is 0 Å². The molecule has 3 heterocycles. The lowest BCUT2D eigenvalue weighted by Gasteiger charge is -2.36. The number of nitrogens with zero attached hydrogens (tertiary/aromatic N) is 2. The van der Waals surface area contributed by atoms with Gasteiger partial charge in [0.15, 0.2) is 5.76 Å². The van der Waals surface area contributed by atoms with Crippen molar-refractivity contribution >= 4 is 5.71 Å². The van der Waals surface area contributed by atoms with Crippen LogP contribution >= 0.6 is 0 Å². The Balaban J connectivity index is 1.52. The predicted molar refractivity (Wildman–Crippen MR) is 102 cm³/mol. The fourth-order valence-electron chi connectivity index (χ4n) is 3.74. The largest absolute Gasteiger partial charge is 0.494 e. The normalized spacial score (nSPS) is 20.5. The van der Waals surface area contributed by atoms with Crippen molar-refractivity contribution in [1.82, 2.24) is 5.01 Å². The van der Waals surface area contributed by atoms with E-state index in [1.165, 1.54) is 0 Å². The molecule has 0 spiro atoms. The van der Waals surface area contributed by atoms with Crippen molar-refractivity contribution in [3.05, 3.63) is 83.8 Å². The molecule has 2 aromatic carbocycles. The second-order valence-electron chi connectivity index (χ2n) is 6.63. The Morgan fingerprint density at radius 2 is 1.93 bits per heavy atom. The third-order valence-electron chi connectivity index (χ3n) is 4.98. The van der Waals surface area contributed by atoms with Gasteiger partial charge in [0.1, 0.15) is 11.5 Å². The van der Waals surface area contributed by atoms with Gasteiger partial charge in [-0.25, -0.2) is 5.01 Å². The standard InChI is InChI=1S/C22H20N2O3/c1-2-25-16-11-9-15(10-12-16)18-14-19-17-6-3-4-7-20(17)27-22(24(19)23-18)21-8-5-13-26-21/h3-13,19,22H,2,14H2,1H3/t19-,22+/m0/s1. The zero-order chi connectivity index (χ0) is 18.2. The summed E-state index contributed by atoms with van der Waals surface area (Å²) >= 11 is 0. The molecule has 0 fully saturated rings. The van der Waals surface area contributed by atoms with Crippen LogP contribution < -0.4 is 9.47 Å². The molecule has 0 aliphatic carbocycles. The van der Waals surface area contributed by atoms with E-state index in [-0.39, 0.29) is 12.3 Å². The number of hydrogen-bond acceptors (Lipinski definition) is 5. The first-order chi connectivity index (χ1) is 13.3. The van der Waals surface area contributed by atoms with Gasteiger partial charge in [0.05, 0.1) is 24.6 Å². The second-order valence-corrected chi connectivity index (χ2v) is 6.63. The van der Waals surface area contributed by atoms with Crippen LogP contribution in [0.1, 0.15) is 42.5 Å². The minimum Gasteiger partial charge on any atom is -0.494 e. The maximum Gasteiger partial charge on any atom is 0.246 e. The average Bonchev–Trinajstić information content (AvgIpc) is 3.39. The molecule has 2 aliphatic heterocycles. The van der Waals surface area contributed by atoms with Crippen LogP contribution in [0.2, 0.25) is 0 Å². The topological polar surface area (TPSA) is 47.2 Å². The molecule has 27 heavy (non-hydrogen) atoms. The molecular weight excluding hydrogens is 340 g/mol. The van der Waals surface area contributed by atoms with Gasteiger partial charge in [-0.3, -0.25) is 0 Å². The summed E-state index contributed by atoms with van der Waals surface area (Å²) in [5, 5.41) is 6.94. The van der Waals surface area contributed by atoms with Crippen molar-refractivity contribution in [2.45, 2.75) is 25.6 Å². The lowest BCUT2D eigenvalue weighted by Crippen LogP contribution is -2.33. The molecule has 0 amide bonds. The molecule has 5 rings (SSSR count). The van der Waals surface area contributed by atoms with Crippen molar-refractivity contribution in [2.24, 2.45) is 5.10 Å². The number of hydrogen-bond donors (Lipinski definition) is 0. The predicted octanol–water partition coefficient (Wildman–Crippen LogP) is 4.92. The monoisotopic (exact) mass is 360 g/mol. The summed E-state index contributed by atoms with van der Waals surface area (Å²) in [6.07, 6.45) is 2.13. The number of ether oxygens (including phenoxy) is 2. The van der Waals surface area contributed by atoms with E-state index < -0.39 is 0 Å². The highest BCUT2D eigenvalue weighted by atomic mass is 16.5. The van der Waals surface area contributed by atoms with Crippen LogP contribution in [0.5, 0.6) is 11.5 Å². The van der Waals surface area contributed by atoms with Crippen LogP contribution in [0.4, 0.5) is 0 Å². The highest BCUT2D eigenvalue weighted by Crippen LogP contribution is 2.47. The van der Waals surface area contributed by atoms with E-state index in [2.05, 4.69) is 18.2 Å². The van der Waals surface area contributed by atoms with Crippen molar-refractivity contribution in [1.29, 1.82) is 0 Å². The molecule has 0 radical (unpaired) electrons. The third-order valence-corrected chi connectivity index (χ3v) is 4.98. The van der Waals surface area contributed by atoms with E-state index in [4.69, 9.17) is 19.0 Å². The zero-order valence-electron chi connectivity index (χ0n) is 15.0. The van der Waals surface area contributed by atoms with Crippen LogP contribution in [0, 0.1) is 0 Å². The summed E-state index contributed by atoms with van der Waals surface area (Å²) in [6, 6.07) is 20.2. The van der Waals surface area contributed by atoms with Crippen LogP contribution in [0.25, 0.3) is 0 Å². The maximum atomic E-state index is 6.23. The summed E-state index contributed by atoms with van der Waals surface area (Å²) in [5.41, 5.74) is 3.30. The van der Waals surface area contributed by atoms with Crippen molar-refractivity contribution in [3.8, 4) is 11.5 Å². The van der Waals surface area contributed by atoms with E-state index in [1.807, 2.05) is 54.4 Å². The average molecular weight is 360 g/mol. The lowest BCUT2D eigenvalue weighted by molar-refractivity contribution is -0.0325. The number of rotatable bonds is 4. The molecule has 0 saturated carbocycles. The maximum absolute atomic E-state index is 6.23. The number of para-hydroxylation sites is 1. The summed E-state index contributed by atoms with van der Waals surface area (Å²) < 4.78 is 17.4. The van der Waals surface area contributed by atoms with Gasteiger partial charge in [-0.1, -0.05) is 18.2 Å². The van der Waals surface area contributed by atoms with Gasteiger partial charge in [0, 0.05) is 12.0 Å². The number of furan rings is 1. The number of hydrazone groups is 1. The summed E-state index contributed by atoms with van der Waals surface area (Å²) in [7, 11) is 0. The summed E-state index contributed by atoms with van der Waals surface area (Å²) in [6.45, 7) is 2.65. The Bertz CT molecular complexity index is 963. The first-order valence-corrected chi connectivity index (χ1v) is 9.21. The van der Waals surface area contributed by atoms with Crippen molar-refractivity contribution in [3.63, 3.8) is 0 Å². The van der Waals surface area contributed by atoms with Gasteiger partial charge in [0.25, 0.3) is 0 Å². The Hall–Kier alpha value is -3.21. The van der Waals surface area contributed by atoms with Gasteiger partial charge in [-0.15, -0.1) is 0 Å². The fraction of sp³-hybridized carbons (Fsp3) is 0.227. The van der Waals surface area contributed by atoms with E-state index in [9.17, 15) is 0 Å². The van der Waals surface area contributed by atoms with E-state index in [0.29, 0.717) is 6.61 Å². The molecule has 0 unspecified atom stereocenters. The SMILES string of the molecule is CCOc1ccc(C2=NN3[C@@H](c4ccco4)Oc4ccccc4[C@@H]3C2)cc1. The first kappa shape index (κ1) is 16.0. The molecule has 2 aliphatic rings. The van der Waals surface area contributed by atoms with Crippen LogP contribution in [0.15, 0.2) is 76.4 Å². The Labute approximate surface area is 157 Å². The Morgan fingerprint density at radius 1 is 1.07 bits per heavy atom. The van der Waals surface area contributed by atoms with Gasteiger partial charge in [-0.05, 0) is 55.0 Å². The van der Waals surface area contributed by atoms with Gasteiger partial charge < -0.3 is 13.9 Å². The molecular formula is C22H20N2O3. The van der Waals surface area contributed by atoms with Crippen LogP contribution in [-0.2, 0) is 0 Å². The number of fused-ring (bicyclic) bond motifs is 3. The Morgan fingerprint density at radius 3 is 2.70 bits per heavy atom. The fourth-order valence-corrected chi connectivity index (χ4v) is 3.74. The molecule has 136 valence electrons. The highest BCUT2D eigenvalue weighted by Gasteiger charge is 2.41. The molecule has 0 N–H and O–H groups in total. The lowest BCUT2D eigenvalue weighted by atomic mass is 9.96. The molecule has 0 saturated heterocycles. The molecule has 3 aromatic rings. The third kappa shape index (κ3) is 2.76. The Kier molecular flexibility index (Phi) is 3.85. The quantitative estimate of drug-likeness (QED) is 0.662. The van der Waals surface area contributed by atoms with E-state index in [0.717, 1.165) is 40.5 Å². The van der Waals surface area contributed by atoms with E-state index >= 15 is 0 Å². The molecule has 2 atom stereocenters. The smallest absolute Gasteiger partial charge is 0.246 e. The van der Waals surface area contributed by atoms with Gasteiger partial charge in [0.2, 0.25) is 6.23 Å². The summed E-state index contributed by atoms with van der Waals surface area (Å²) in [5.74, 6) is 2.52. The second kappa shape index (κ2) is 6.50. The molecule has 5 heteroatoms. The van der Waals surface area contributed by atoms with E-state index in [1.54, 1.807) is 6.26 Å². The minimum absolute atomic E-state index is 0.131. The van der Waals surface area contributed by atoms with Crippen LogP contribution in [0.3, 0.4) is 0 Å². The zero-order valence-corrected chi connectivity index (χ0v) is 15.0. The first-order valence-electron chi connectivity index (χ1n) is 9.21. The van der Waals surface area contributed by atoms with Crippen LogP contribution in [-0.4, -0.2) is 17.3 Å². The van der Waals surface area contributed by atoms with Gasteiger partial charge in [-0.2, -0.15) is 5.10 Å². The highest BCUT2D eigenvalue weighted by molar-refractivity contribution is 6.02. The molecule has 5 nitrogen and oxygen atoms in total. The minimum atomic E-state index is -0.361. The molecule has 0 bridgehead atoms. The molecule has 1 aromatic heterocycles.